The number of esters is 1. The molecule has 0 aliphatic heterocycles. The molecular formula is C16H17NO4S. The molecule has 1 heterocycles. The molecule has 5 nitrogen and oxygen atoms in total. The Morgan fingerprint density at radius 1 is 1.18 bits per heavy atom. The lowest BCUT2D eigenvalue weighted by Gasteiger charge is -2.17. The lowest BCUT2D eigenvalue weighted by atomic mass is 10.1. The third-order valence-corrected chi connectivity index (χ3v) is 4.13. The Bertz CT molecular complexity index is 639. The molecule has 0 fully saturated rings. The Kier molecular flexibility index (Phi) is 5.55. The first-order valence-electron chi connectivity index (χ1n) is 6.69. The molecule has 6 heteroatoms. The predicted molar refractivity (Wildman–Crippen MR) is 84.2 cm³/mol. The molecule has 1 aromatic heterocycles. The van der Waals surface area contributed by atoms with E-state index in [0.29, 0.717) is 11.3 Å². The van der Waals surface area contributed by atoms with Gasteiger partial charge in [0.2, 0.25) is 0 Å². The van der Waals surface area contributed by atoms with E-state index in [1.807, 2.05) is 17.5 Å². The summed E-state index contributed by atoms with van der Waals surface area (Å²) in [6.07, 6.45) is 0.0813. The Labute approximate surface area is 132 Å². The minimum Gasteiger partial charge on any atom is -0.496 e. The van der Waals surface area contributed by atoms with Crippen LogP contribution in [0, 0.1) is 0 Å². The van der Waals surface area contributed by atoms with Crippen LogP contribution in [0.25, 0.3) is 0 Å². The molecule has 0 aliphatic carbocycles. The number of nitrogens with one attached hydrogen (secondary N) is 1. The maximum absolute atomic E-state index is 12.5. The zero-order chi connectivity index (χ0) is 15.9. The molecule has 1 N–H and O–H groups in total. The zero-order valence-corrected chi connectivity index (χ0v) is 13.2. The summed E-state index contributed by atoms with van der Waals surface area (Å²) in [5.41, 5.74) is 0.427. The van der Waals surface area contributed by atoms with Crippen molar-refractivity contribution in [1.82, 2.24) is 5.32 Å². The van der Waals surface area contributed by atoms with Crippen molar-refractivity contribution in [3.05, 3.63) is 52.2 Å². The normalized spacial score (nSPS) is 11.5. The fourth-order valence-electron chi connectivity index (χ4n) is 2.03. The Hall–Kier alpha value is -2.34. The molecule has 1 atom stereocenters. The smallest absolute Gasteiger partial charge is 0.307 e. The minimum atomic E-state index is -0.426. The molecule has 2 aromatic rings. The van der Waals surface area contributed by atoms with Gasteiger partial charge >= 0.3 is 5.97 Å². The number of methoxy groups -OCH3 is 2. The van der Waals surface area contributed by atoms with Gasteiger partial charge < -0.3 is 14.8 Å². The highest BCUT2D eigenvalue weighted by molar-refractivity contribution is 7.10. The monoisotopic (exact) mass is 319 g/mol. The van der Waals surface area contributed by atoms with E-state index in [1.165, 1.54) is 25.6 Å². The van der Waals surface area contributed by atoms with Gasteiger partial charge in [0.25, 0.3) is 5.91 Å². The van der Waals surface area contributed by atoms with Crippen molar-refractivity contribution in [3.8, 4) is 5.75 Å². The SMILES string of the molecule is COC(=O)C[C@@H](NC(=O)c1ccccc1OC)c1cccs1. The lowest BCUT2D eigenvalue weighted by molar-refractivity contribution is -0.141. The van der Waals surface area contributed by atoms with Crippen molar-refractivity contribution in [2.24, 2.45) is 0 Å². The summed E-state index contributed by atoms with van der Waals surface area (Å²) in [6.45, 7) is 0. The molecule has 1 aromatic carbocycles. The number of ether oxygens (including phenoxy) is 2. The molecule has 0 saturated carbocycles. The summed E-state index contributed by atoms with van der Waals surface area (Å²) in [6, 6.07) is 10.3. The first-order chi connectivity index (χ1) is 10.7. The predicted octanol–water partition coefficient (Wildman–Crippen LogP) is 2.79. The van der Waals surface area contributed by atoms with E-state index in [-0.39, 0.29) is 18.3 Å². The van der Waals surface area contributed by atoms with Crippen LogP contribution in [0.3, 0.4) is 0 Å². The largest absolute Gasteiger partial charge is 0.496 e. The second-order valence-corrected chi connectivity index (χ2v) is 5.50. The summed E-state index contributed by atoms with van der Waals surface area (Å²) in [4.78, 5) is 24.9. The molecule has 0 saturated heterocycles. The van der Waals surface area contributed by atoms with E-state index in [1.54, 1.807) is 24.3 Å². The highest BCUT2D eigenvalue weighted by Gasteiger charge is 2.21. The van der Waals surface area contributed by atoms with Crippen LogP contribution in [-0.4, -0.2) is 26.1 Å². The highest BCUT2D eigenvalue weighted by atomic mass is 32.1. The van der Waals surface area contributed by atoms with Gasteiger partial charge in [-0.2, -0.15) is 0 Å². The van der Waals surface area contributed by atoms with Crippen LogP contribution in [0.4, 0.5) is 0 Å². The number of amides is 1. The van der Waals surface area contributed by atoms with Crippen LogP contribution in [0.2, 0.25) is 0 Å². The quantitative estimate of drug-likeness (QED) is 0.832. The van der Waals surface area contributed by atoms with Gasteiger partial charge in [0, 0.05) is 4.88 Å². The fourth-order valence-corrected chi connectivity index (χ4v) is 2.81. The highest BCUT2D eigenvalue weighted by Crippen LogP contribution is 2.24. The molecule has 0 spiro atoms. The third-order valence-electron chi connectivity index (χ3n) is 3.14. The average Bonchev–Trinajstić information content (AvgIpc) is 3.08. The van der Waals surface area contributed by atoms with Crippen LogP contribution >= 0.6 is 11.3 Å². The topological polar surface area (TPSA) is 64.6 Å². The number of hydrogen-bond donors (Lipinski definition) is 1. The Morgan fingerprint density at radius 3 is 2.59 bits per heavy atom. The number of thiophene rings is 1. The second-order valence-electron chi connectivity index (χ2n) is 4.52. The fraction of sp³-hybridized carbons (Fsp3) is 0.250. The van der Waals surface area contributed by atoms with Crippen LogP contribution in [0.1, 0.15) is 27.7 Å². The molecular weight excluding hydrogens is 302 g/mol. The number of carbonyl (C=O) groups excluding carboxylic acids is 2. The summed E-state index contributed by atoms with van der Waals surface area (Å²) in [7, 11) is 2.84. The van der Waals surface area contributed by atoms with Gasteiger partial charge in [-0.05, 0) is 23.6 Å². The van der Waals surface area contributed by atoms with Crippen molar-refractivity contribution < 1.29 is 19.1 Å². The van der Waals surface area contributed by atoms with Gasteiger partial charge in [0.05, 0.1) is 32.2 Å². The third kappa shape index (κ3) is 3.85. The van der Waals surface area contributed by atoms with Gasteiger partial charge in [-0.3, -0.25) is 9.59 Å². The maximum atomic E-state index is 12.5. The average molecular weight is 319 g/mol. The Balaban J connectivity index is 2.19. The molecule has 2 rings (SSSR count). The second kappa shape index (κ2) is 7.61. The maximum Gasteiger partial charge on any atom is 0.307 e. The molecule has 0 aliphatic rings. The summed E-state index contributed by atoms with van der Waals surface area (Å²) in [5, 5.41) is 4.76. The van der Waals surface area contributed by atoms with Crippen molar-refractivity contribution in [3.63, 3.8) is 0 Å². The molecule has 1 amide bonds. The van der Waals surface area contributed by atoms with Crippen molar-refractivity contribution in [2.45, 2.75) is 12.5 Å². The number of hydrogen-bond acceptors (Lipinski definition) is 5. The first-order valence-corrected chi connectivity index (χ1v) is 7.57. The van der Waals surface area contributed by atoms with E-state index >= 15 is 0 Å². The molecule has 22 heavy (non-hydrogen) atoms. The van der Waals surface area contributed by atoms with Gasteiger partial charge in [-0.1, -0.05) is 18.2 Å². The van der Waals surface area contributed by atoms with Crippen LogP contribution in [0.5, 0.6) is 5.75 Å². The van der Waals surface area contributed by atoms with Crippen molar-refractivity contribution >= 4 is 23.2 Å². The first kappa shape index (κ1) is 16.0. The number of carbonyl (C=O) groups is 2. The molecule has 116 valence electrons. The van der Waals surface area contributed by atoms with Gasteiger partial charge in [0.1, 0.15) is 5.75 Å². The number of para-hydroxylation sites is 1. The van der Waals surface area contributed by atoms with Crippen LogP contribution in [-0.2, 0) is 9.53 Å². The van der Waals surface area contributed by atoms with Gasteiger partial charge in [-0.25, -0.2) is 0 Å². The van der Waals surface area contributed by atoms with Crippen molar-refractivity contribution in [2.75, 3.05) is 14.2 Å². The number of benzene rings is 1. The zero-order valence-electron chi connectivity index (χ0n) is 12.4. The van der Waals surface area contributed by atoms with Crippen LogP contribution < -0.4 is 10.1 Å². The van der Waals surface area contributed by atoms with E-state index in [9.17, 15) is 9.59 Å². The summed E-state index contributed by atoms with van der Waals surface area (Å²) >= 11 is 1.48. The van der Waals surface area contributed by atoms with E-state index in [4.69, 9.17) is 9.47 Å². The van der Waals surface area contributed by atoms with E-state index < -0.39 is 6.04 Å². The van der Waals surface area contributed by atoms with Gasteiger partial charge in [0.15, 0.2) is 0 Å². The molecule has 0 radical (unpaired) electrons. The van der Waals surface area contributed by atoms with E-state index in [0.717, 1.165) is 4.88 Å². The summed E-state index contributed by atoms with van der Waals surface area (Å²) < 4.78 is 9.89. The number of rotatable bonds is 6. The van der Waals surface area contributed by atoms with Gasteiger partial charge in [-0.15, -0.1) is 11.3 Å². The Morgan fingerprint density at radius 2 is 1.95 bits per heavy atom. The summed E-state index contributed by atoms with van der Waals surface area (Å²) in [5.74, 6) is -0.179. The van der Waals surface area contributed by atoms with E-state index in [2.05, 4.69) is 5.32 Å². The lowest BCUT2D eigenvalue weighted by Crippen LogP contribution is -2.30. The molecule has 0 bridgehead atoms. The van der Waals surface area contributed by atoms with Crippen LogP contribution in [0.15, 0.2) is 41.8 Å². The molecule has 0 unspecified atom stereocenters. The standard InChI is InChI=1S/C16H17NO4S/c1-20-13-7-4-3-6-11(13)16(19)17-12(10-15(18)21-2)14-8-5-9-22-14/h3-9,12H,10H2,1-2H3,(H,17,19)/t12-/m1/s1. The minimum absolute atomic E-state index is 0.0813. The van der Waals surface area contributed by atoms with Crippen molar-refractivity contribution in [1.29, 1.82) is 0 Å².